The molecule has 0 rings (SSSR count). The highest BCUT2D eigenvalue weighted by Gasteiger charge is 2.31. The van der Waals surface area contributed by atoms with Crippen LogP contribution in [0.1, 0.15) is 117 Å². The van der Waals surface area contributed by atoms with Crippen molar-refractivity contribution in [1.29, 1.82) is 0 Å². The fourth-order valence-corrected chi connectivity index (χ4v) is 4.92. The maximum absolute atomic E-state index is 12.7. The molecule has 8 heteroatoms. The number of hydrogen-bond donors (Lipinski definition) is 1. The number of carbonyl (C=O) groups is 3. The van der Waals surface area contributed by atoms with Crippen LogP contribution in [0.5, 0.6) is 0 Å². The number of unbranched alkanes of at least 4 members (excludes halogenated alkanes) is 8. The van der Waals surface area contributed by atoms with Crippen molar-refractivity contribution in [3.63, 3.8) is 0 Å². The van der Waals surface area contributed by atoms with Gasteiger partial charge in [0.1, 0.15) is 6.61 Å². The maximum atomic E-state index is 12.7. The molecule has 0 fully saturated rings. The normalized spacial score (nSPS) is 14.0. The van der Waals surface area contributed by atoms with Crippen LogP contribution in [0, 0.1) is 0 Å². The van der Waals surface area contributed by atoms with Gasteiger partial charge < -0.3 is 23.8 Å². The minimum atomic E-state index is -0.890. The molecule has 0 heterocycles. The van der Waals surface area contributed by atoms with E-state index in [1.807, 2.05) is 57.6 Å². The molecule has 0 aliphatic rings. The predicted molar refractivity (Wildman–Crippen MR) is 210 cm³/mol. The third-order valence-corrected chi connectivity index (χ3v) is 7.89. The molecule has 0 amide bonds. The van der Waals surface area contributed by atoms with Crippen LogP contribution in [0.2, 0.25) is 0 Å². The van der Waals surface area contributed by atoms with Crippen molar-refractivity contribution in [2.45, 2.75) is 129 Å². The zero-order valence-corrected chi connectivity index (χ0v) is 32.5. The highest BCUT2D eigenvalue weighted by molar-refractivity contribution is 5.72. The molecule has 0 radical (unpaired) electrons. The van der Waals surface area contributed by atoms with Gasteiger partial charge in [0.25, 0.3) is 0 Å². The van der Waals surface area contributed by atoms with Crippen molar-refractivity contribution in [3.05, 3.63) is 85.1 Å². The summed E-state index contributed by atoms with van der Waals surface area (Å²) in [6.45, 7) is 4.42. The zero-order valence-electron chi connectivity index (χ0n) is 32.5. The van der Waals surface area contributed by atoms with Gasteiger partial charge in [0.05, 0.1) is 34.4 Å². The molecule has 8 nitrogen and oxygen atoms in total. The van der Waals surface area contributed by atoms with E-state index in [0.29, 0.717) is 12.8 Å². The molecule has 2 atom stereocenters. The summed E-state index contributed by atoms with van der Waals surface area (Å²) >= 11 is 0. The molecule has 0 aliphatic carbocycles. The number of carbonyl (C=O) groups excluding carboxylic acids is 2. The number of aliphatic carboxylic acids is 1. The van der Waals surface area contributed by atoms with E-state index in [0.717, 1.165) is 77.0 Å². The van der Waals surface area contributed by atoms with E-state index in [9.17, 15) is 19.5 Å². The quantitative estimate of drug-likeness (QED) is 0.0244. The molecule has 0 aromatic heterocycles. The van der Waals surface area contributed by atoms with Crippen LogP contribution >= 0.6 is 0 Å². The van der Waals surface area contributed by atoms with Gasteiger partial charge in [-0.15, -0.1) is 0 Å². The van der Waals surface area contributed by atoms with E-state index in [1.54, 1.807) is 0 Å². The molecule has 2 unspecified atom stereocenters. The molecule has 0 aromatic carbocycles. The number of likely N-dealkylation sites (N-methyl/N-ethyl adjacent to an activating group) is 1. The summed E-state index contributed by atoms with van der Waals surface area (Å²) < 4.78 is 17.1. The third-order valence-electron chi connectivity index (χ3n) is 7.89. The molecule has 0 spiro atoms. The molecule has 288 valence electrons. The fraction of sp³-hybridized carbons (Fsp3) is 0.605. The molecule has 51 heavy (non-hydrogen) atoms. The minimum absolute atomic E-state index is 0.0343. The van der Waals surface area contributed by atoms with E-state index in [2.05, 4.69) is 62.5 Å². The number of quaternary nitrogens is 1. The van der Waals surface area contributed by atoms with Crippen LogP contribution in [-0.2, 0) is 28.6 Å². The Hall–Kier alpha value is -3.49. The predicted octanol–water partition coefficient (Wildman–Crippen LogP) is 9.79. The SMILES string of the molecule is CC/C=C/C/C=C/CCCCC(=O)OCC(COCCC(C(=O)O)[N+](C)(C)C)OC(=O)CCCCCCC/C=C/C=C/C=C/C=C/C=C/CCC. The Labute approximate surface area is 310 Å². The highest BCUT2D eigenvalue weighted by atomic mass is 16.6. The number of hydrogen-bond acceptors (Lipinski definition) is 6. The molecule has 0 aliphatic heterocycles. The lowest BCUT2D eigenvalue weighted by Crippen LogP contribution is -2.50. The Balaban J connectivity index is 4.50. The number of carboxylic acids is 1. The van der Waals surface area contributed by atoms with Crippen LogP contribution in [0.15, 0.2) is 85.1 Å². The van der Waals surface area contributed by atoms with Gasteiger partial charge in [0, 0.05) is 19.3 Å². The largest absolute Gasteiger partial charge is 0.477 e. The first-order chi connectivity index (χ1) is 24.6. The summed E-state index contributed by atoms with van der Waals surface area (Å²) in [4.78, 5) is 36.7. The molecule has 0 saturated carbocycles. The van der Waals surface area contributed by atoms with Crippen molar-refractivity contribution >= 4 is 17.9 Å². The maximum Gasteiger partial charge on any atom is 0.362 e. The second-order valence-electron chi connectivity index (χ2n) is 13.6. The standard InChI is InChI=1S/C43H69NO7/c1-6-8-10-12-14-16-17-18-19-20-21-22-23-24-26-28-30-32-34-42(46)51-39(37-49-36-35-40(43(47)48)44(3,4)5)38-50-41(45)33-31-29-27-25-15-13-11-9-7-2/h9-12,14-22,25,39-40H,6-8,13,23-24,26-38H2,1-5H3/p+1/b11-9+,12-10+,16-14+,18-17+,20-19+,22-21+,25-15+. The molecule has 1 N–H and O–H groups in total. The van der Waals surface area contributed by atoms with E-state index in [1.165, 1.54) is 6.42 Å². The summed E-state index contributed by atoms with van der Waals surface area (Å²) in [6, 6.07) is -0.627. The Morgan fingerprint density at radius 3 is 1.82 bits per heavy atom. The lowest BCUT2D eigenvalue weighted by molar-refractivity contribution is -0.887. The number of allylic oxidation sites excluding steroid dienone is 14. The fourth-order valence-electron chi connectivity index (χ4n) is 4.92. The Morgan fingerprint density at radius 1 is 0.627 bits per heavy atom. The van der Waals surface area contributed by atoms with Crippen LogP contribution < -0.4 is 0 Å². The van der Waals surface area contributed by atoms with Gasteiger partial charge in [-0.25, -0.2) is 4.79 Å². The van der Waals surface area contributed by atoms with Gasteiger partial charge in [-0.1, -0.05) is 125 Å². The molecular formula is C43H70NO7+. The topological polar surface area (TPSA) is 99.1 Å². The monoisotopic (exact) mass is 713 g/mol. The van der Waals surface area contributed by atoms with E-state index in [-0.39, 0.29) is 42.7 Å². The smallest absolute Gasteiger partial charge is 0.362 e. The Kier molecular flexibility index (Phi) is 31.3. The highest BCUT2D eigenvalue weighted by Crippen LogP contribution is 2.12. The van der Waals surface area contributed by atoms with Crippen LogP contribution in [0.4, 0.5) is 0 Å². The summed E-state index contributed by atoms with van der Waals surface area (Å²) in [5.41, 5.74) is 0. The average molecular weight is 713 g/mol. The molecule has 0 bridgehead atoms. The van der Waals surface area contributed by atoms with Crippen LogP contribution in [0.25, 0.3) is 0 Å². The van der Waals surface area contributed by atoms with E-state index in [4.69, 9.17) is 14.2 Å². The van der Waals surface area contributed by atoms with Gasteiger partial charge in [-0.3, -0.25) is 9.59 Å². The number of esters is 2. The van der Waals surface area contributed by atoms with Crippen molar-refractivity contribution in [2.75, 3.05) is 41.0 Å². The summed E-state index contributed by atoms with van der Waals surface area (Å²) in [5, 5.41) is 9.58. The Bertz CT molecular complexity index is 1110. The van der Waals surface area contributed by atoms with Gasteiger partial charge in [-0.2, -0.15) is 0 Å². The number of nitrogens with zero attached hydrogens (tertiary/aromatic N) is 1. The first-order valence-electron chi connectivity index (χ1n) is 19.2. The molecular weight excluding hydrogens is 642 g/mol. The first kappa shape index (κ1) is 47.5. The lowest BCUT2D eigenvalue weighted by atomic mass is 10.1. The van der Waals surface area contributed by atoms with Gasteiger partial charge in [0.15, 0.2) is 12.1 Å². The lowest BCUT2D eigenvalue weighted by Gasteiger charge is -2.31. The molecule has 0 saturated heterocycles. The van der Waals surface area contributed by atoms with Crippen LogP contribution in [-0.4, -0.2) is 80.6 Å². The van der Waals surface area contributed by atoms with Crippen molar-refractivity contribution in [1.82, 2.24) is 0 Å². The average Bonchev–Trinajstić information content (AvgIpc) is 3.08. The first-order valence-corrected chi connectivity index (χ1v) is 19.2. The van der Waals surface area contributed by atoms with Crippen molar-refractivity contribution < 1.29 is 38.2 Å². The Morgan fingerprint density at radius 2 is 1.18 bits per heavy atom. The second kappa shape index (κ2) is 33.6. The number of carboxylic acid groups (broad SMARTS) is 1. The van der Waals surface area contributed by atoms with Crippen molar-refractivity contribution in [2.24, 2.45) is 0 Å². The summed E-state index contributed by atoms with van der Waals surface area (Å²) in [7, 11) is 5.48. The van der Waals surface area contributed by atoms with E-state index < -0.39 is 18.1 Å². The second-order valence-corrected chi connectivity index (χ2v) is 13.6. The zero-order chi connectivity index (χ0) is 37.8. The van der Waals surface area contributed by atoms with Gasteiger partial charge >= 0.3 is 17.9 Å². The summed E-state index contributed by atoms with van der Waals surface area (Å²) in [6.07, 6.45) is 42.1. The third kappa shape index (κ3) is 32.2. The van der Waals surface area contributed by atoms with E-state index >= 15 is 0 Å². The minimum Gasteiger partial charge on any atom is -0.477 e. The van der Waals surface area contributed by atoms with Crippen LogP contribution in [0.3, 0.4) is 0 Å². The number of ether oxygens (including phenoxy) is 3. The number of rotatable bonds is 32. The van der Waals surface area contributed by atoms with Gasteiger partial charge in [0.2, 0.25) is 0 Å². The summed E-state index contributed by atoms with van der Waals surface area (Å²) in [5.74, 6) is -1.57. The van der Waals surface area contributed by atoms with Crippen molar-refractivity contribution in [3.8, 4) is 0 Å². The van der Waals surface area contributed by atoms with Gasteiger partial charge in [-0.05, 0) is 57.8 Å². The molecule has 0 aromatic rings.